The molecule has 8 heteroatoms. The van der Waals surface area contributed by atoms with Crippen molar-refractivity contribution in [3.8, 4) is 0 Å². The van der Waals surface area contributed by atoms with E-state index in [1.54, 1.807) is 0 Å². The van der Waals surface area contributed by atoms with Crippen LogP contribution < -0.4 is 11.1 Å². The van der Waals surface area contributed by atoms with Crippen molar-refractivity contribution in [3.63, 3.8) is 0 Å². The summed E-state index contributed by atoms with van der Waals surface area (Å²) in [6.07, 6.45) is 0. The number of halogens is 4. The van der Waals surface area contributed by atoms with Crippen molar-refractivity contribution in [2.24, 2.45) is 10.9 Å². The van der Waals surface area contributed by atoms with Crippen LogP contribution in [0.25, 0.3) is 0 Å². The van der Waals surface area contributed by atoms with E-state index < -0.39 is 40.8 Å². The van der Waals surface area contributed by atoms with Crippen LogP contribution in [0, 0.1) is 23.3 Å². The average molecular weight is 251 g/mol. The molecule has 4 N–H and O–H groups in total. The van der Waals surface area contributed by atoms with Crippen molar-refractivity contribution in [1.82, 2.24) is 0 Å². The topological polar surface area (TPSA) is 70.6 Å². The first kappa shape index (κ1) is 13.1. The zero-order valence-corrected chi connectivity index (χ0v) is 8.64. The van der Waals surface area contributed by atoms with Gasteiger partial charge in [-0.05, 0) is 6.92 Å². The van der Waals surface area contributed by atoms with Gasteiger partial charge in [0.1, 0.15) is 5.69 Å². The van der Waals surface area contributed by atoms with Crippen LogP contribution in [0.3, 0.4) is 0 Å². The van der Waals surface area contributed by atoms with E-state index in [1.807, 2.05) is 0 Å². The summed E-state index contributed by atoms with van der Waals surface area (Å²) in [5.41, 5.74) is 4.13. The Bertz CT molecular complexity index is 438. The first-order chi connectivity index (χ1) is 7.88. The molecule has 1 aromatic rings. The molecule has 0 radical (unpaired) electrons. The molecule has 1 atom stereocenters. The second kappa shape index (κ2) is 4.89. The summed E-state index contributed by atoms with van der Waals surface area (Å²) in [4.78, 5) is 0. The minimum Gasteiger partial charge on any atom is -0.409 e. The molecule has 0 aliphatic carbocycles. The summed E-state index contributed by atoms with van der Waals surface area (Å²) in [6.45, 7) is 1.29. The van der Waals surface area contributed by atoms with Crippen LogP contribution >= 0.6 is 0 Å². The Hall–Kier alpha value is -1.99. The molecular weight excluding hydrogens is 242 g/mol. The number of benzene rings is 1. The maximum atomic E-state index is 13.2. The van der Waals surface area contributed by atoms with Gasteiger partial charge in [0.25, 0.3) is 0 Å². The molecule has 0 aliphatic heterocycles. The van der Waals surface area contributed by atoms with Crippen molar-refractivity contribution >= 4 is 11.5 Å². The van der Waals surface area contributed by atoms with Gasteiger partial charge in [0.15, 0.2) is 29.1 Å². The van der Waals surface area contributed by atoms with E-state index in [-0.39, 0.29) is 6.07 Å². The summed E-state index contributed by atoms with van der Waals surface area (Å²) in [6, 6.07) is -0.922. The van der Waals surface area contributed by atoms with E-state index in [9.17, 15) is 17.6 Å². The van der Waals surface area contributed by atoms with Crippen LogP contribution in [0.15, 0.2) is 11.2 Å². The van der Waals surface area contributed by atoms with Gasteiger partial charge < -0.3 is 16.3 Å². The minimum absolute atomic E-state index is 0.0873. The summed E-state index contributed by atoms with van der Waals surface area (Å²) in [5.74, 6) is -6.65. The highest BCUT2D eigenvalue weighted by Crippen LogP contribution is 2.24. The van der Waals surface area contributed by atoms with Gasteiger partial charge in [-0.1, -0.05) is 5.16 Å². The Labute approximate surface area is 93.7 Å². The summed E-state index contributed by atoms with van der Waals surface area (Å²) >= 11 is 0. The normalized spacial score (nSPS) is 13.6. The maximum absolute atomic E-state index is 13.2. The highest BCUT2D eigenvalue weighted by atomic mass is 19.2. The quantitative estimate of drug-likeness (QED) is 0.191. The fourth-order valence-electron chi connectivity index (χ4n) is 1.08. The lowest BCUT2D eigenvalue weighted by molar-refractivity contribution is 0.316. The highest BCUT2D eigenvalue weighted by molar-refractivity contribution is 5.87. The molecule has 1 rings (SSSR count). The van der Waals surface area contributed by atoms with Crippen LogP contribution in [-0.4, -0.2) is 17.1 Å². The zero-order valence-electron chi connectivity index (χ0n) is 8.64. The van der Waals surface area contributed by atoms with E-state index >= 15 is 0 Å². The van der Waals surface area contributed by atoms with Crippen molar-refractivity contribution in [3.05, 3.63) is 29.3 Å². The molecule has 17 heavy (non-hydrogen) atoms. The minimum atomic E-state index is -1.58. The van der Waals surface area contributed by atoms with Crippen LogP contribution in [0.1, 0.15) is 6.92 Å². The van der Waals surface area contributed by atoms with Gasteiger partial charge in [0.2, 0.25) is 0 Å². The van der Waals surface area contributed by atoms with Crippen LogP contribution in [-0.2, 0) is 0 Å². The number of nitrogens with zero attached hydrogens (tertiary/aromatic N) is 1. The molecule has 0 aromatic heterocycles. The lowest BCUT2D eigenvalue weighted by Gasteiger charge is -2.15. The Kier molecular flexibility index (Phi) is 3.77. The Morgan fingerprint density at radius 2 is 1.76 bits per heavy atom. The molecular formula is C9H9F4N3O. The van der Waals surface area contributed by atoms with Gasteiger partial charge in [-0.2, -0.15) is 0 Å². The Balaban J connectivity index is 3.14. The van der Waals surface area contributed by atoms with Crippen molar-refractivity contribution in [2.75, 3.05) is 5.32 Å². The number of nitrogens with one attached hydrogen (secondary N) is 1. The molecule has 0 spiro atoms. The predicted octanol–water partition coefficient (Wildman–Crippen LogP) is 1.79. The fraction of sp³-hybridized carbons (Fsp3) is 0.222. The van der Waals surface area contributed by atoms with Gasteiger partial charge in [0.05, 0.1) is 6.04 Å². The monoisotopic (exact) mass is 251 g/mol. The molecule has 1 aromatic carbocycles. The van der Waals surface area contributed by atoms with Gasteiger partial charge in [-0.15, -0.1) is 0 Å². The maximum Gasteiger partial charge on any atom is 0.185 e. The third-order valence-electron chi connectivity index (χ3n) is 2.03. The molecule has 0 amide bonds. The number of oxime groups is 1. The van der Waals surface area contributed by atoms with Gasteiger partial charge in [0, 0.05) is 6.07 Å². The molecule has 94 valence electrons. The molecule has 0 aliphatic rings. The largest absolute Gasteiger partial charge is 0.409 e. The predicted molar refractivity (Wildman–Crippen MR) is 52.8 cm³/mol. The van der Waals surface area contributed by atoms with Crippen molar-refractivity contribution in [2.45, 2.75) is 13.0 Å². The second-order valence-corrected chi connectivity index (χ2v) is 3.23. The van der Waals surface area contributed by atoms with Crippen LogP contribution in [0.4, 0.5) is 23.2 Å². The van der Waals surface area contributed by atoms with E-state index in [0.29, 0.717) is 0 Å². The number of rotatable bonds is 3. The van der Waals surface area contributed by atoms with E-state index in [2.05, 4.69) is 10.5 Å². The summed E-state index contributed by atoms with van der Waals surface area (Å²) in [7, 11) is 0. The smallest absolute Gasteiger partial charge is 0.185 e. The molecule has 0 saturated carbocycles. The van der Waals surface area contributed by atoms with Gasteiger partial charge >= 0.3 is 0 Å². The highest BCUT2D eigenvalue weighted by Gasteiger charge is 2.21. The molecule has 4 nitrogen and oxygen atoms in total. The van der Waals surface area contributed by atoms with Crippen molar-refractivity contribution in [1.29, 1.82) is 0 Å². The van der Waals surface area contributed by atoms with E-state index in [4.69, 9.17) is 10.9 Å². The number of amidine groups is 1. The van der Waals surface area contributed by atoms with Gasteiger partial charge in [-0.25, -0.2) is 17.6 Å². The molecule has 0 heterocycles. The molecule has 0 fully saturated rings. The van der Waals surface area contributed by atoms with Crippen LogP contribution in [0.2, 0.25) is 0 Å². The first-order valence-corrected chi connectivity index (χ1v) is 4.45. The standard InChI is InChI=1S/C9H9F4N3O/c1-3(9(14)16-17)15-8-6(12)4(10)2-5(11)7(8)13/h2-3,15,17H,1H3,(H2,14,16). The number of nitrogens with two attached hydrogens (primary N) is 1. The lowest BCUT2D eigenvalue weighted by atomic mass is 10.2. The molecule has 1 unspecified atom stereocenters. The fourth-order valence-corrected chi connectivity index (χ4v) is 1.08. The third-order valence-corrected chi connectivity index (χ3v) is 2.03. The van der Waals surface area contributed by atoms with E-state index in [0.717, 1.165) is 0 Å². The van der Waals surface area contributed by atoms with E-state index in [1.165, 1.54) is 6.92 Å². The number of hydrogen-bond acceptors (Lipinski definition) is 3. The zero-order chi connectivity index (χ0) is 13.2. The molecule has 0 saturated heterocycles. The Morgan fingerprint density at radius 3 is 2.18 bits per heavy atom. The Morgan fingerprint density at radius 1 is 1.29 bits per heavy atom. The second-order valence-electron chi connectivity index (χ2n) is 3.23. The SMILES string of the molecule is CC(Nc1c(F)c(F)cc(F)c1F)/C(N)=N/O. The average Bonchev–Trinajstić information content (AvgIpc) is 2.30. The summed E-state index contributed by atoms with van der Waals surface area (Å²) in [5, 5.41) is 13.0. The number of anilines is 1. The number of hydrogen-bond donors (Lipinski definition) is 3. The van der Waals surface area contributed by atoms with Crippen molar-refractivity contribution < 1.29 is 22.8 Å². The van der Waals surface area contributed by atoms with Crippen LogP contribution in [0.5, 0.6) is 0 Å². The first-order valence-electron chi connectivity index (χ1n) is 4.45. The van der Waals surface area contributed by atoms with Gasteiger partial charge in [-0.3, -0.25) is 0 Å². The lowest BCUT2D eigenvalue weighted by Crippen LogP contribution is -2.33. The molecule has 0 bridgehead atoms. The third kappa shape index (κ3) is 2.58. The summed E-state index contributed by atoms with van der Waals surface area (Å²) < 4.78 is 52.0.